The standard InChI is InChI=1S/C23H24F2N4O4S2/c1-4-29-20(12(2)33-16-9-8-13(24)10-15(16)25)27-28-23(29)34-11-18(30)26-21-19(22(31)32-3)14-6-5-7-17(14)35-21/h8-10,12H,4-7,11H2,1-3H3,(H,26,30). The van der Waals surface area contributed by atoms with E-state index < -0.39 is 23.7 Å². The number of fused-ring (bicyclic) bond motifs is 1. The number of esters is 1. The van der Waals surface area contributed by atoms with E-state index in [-0.39, 0.29) is 17.4 Å². The summed E-state index contributed by atoms with van der Waals surface area (Å²) < 4.78 is 39.4. The molecule has 3 aromatic rings. The van der Waals surface area contributed by atoms with Gasteiger partial charge in [-0.15, -0.1) is 21.5 Å². The van der Waals surface area contributed by atoms with Crippen LogP contribution >= 0.6 is 23.1 Å². The molecule has 1 unspecified atom stereocenters. The number of aryl methyl sites for hydroxylation is 1. The van der Waals surface area contributed by atoms with Gasteiger partial charge in [-0.05, 0) is 50.8 Å². The molecule has 0 radical (unpaired) electrons. The van der Waals surface area contributed by atoms with Crippen LogP contribution in [-0.4, -0.2) is 39.5 Å². The highest BCUT2D eigenvalue weighted by molar-refractivity contribution is 7.99. The van der Waals surface area contributed by atoms with Gasteiger partial charge >= 0.3 is 5.97 Å². The number of aromatic nitrogens is 3. The van der Waals surface area contributed by atoms with Crippen molar-refractivity contribution in [3.8, 4) is 5.75 Å². The van der Waals surface area contributed by atoms with Gasteiger partial charge in [-0.1, -0.05) is 11.8 Å². The van der Waals surface area contributed by atoms with Crippen molar-refractivity contribution >= 4 is 40.0 Å². The maximum absolute atomic E-state index is 14.0. The topological polar surface area (TPSA) is 95.3 Å². The molecule has 0 fully saturated rings. The number of rotatable bonds is 9. The molecular formula is C23H24F2N4O4S2. The lowest BCUT2D eigenvalue weighted by Crippen LogP contribution is -2.17. The normalized spacial score (nSPS) is 13.4. The summed E-state index contributed by atoms with van der Waals surface area (Å²) in [6, 6.07) is 3.08. The molecule has 1 atom stereocenters. The van der Waals surface area contributed by atoms with E-state index in [0.29, 0.717) is 28.1 Å². The van der Waals surface area contributed by atoms with E-state index in [1.165, 1.54) is 36.3 Å². The third-order valence-electron chi connectivity index (χ3n) is 5.52. The van der Waals surface area contributed by atoms with Gasteiger partial charge in [0, 0.05) is 17.5 Å². The molecule has 2 aromatic heterocycles. The number of nitrogens with one attached hydrogen (secondary N) is 1. The first kappa shape index (κ1) is 25.1. The molecule has 1 amide bonds. The number of ether oxygens (including phenoxy) is 2. The Morgan fingerprint density at radius 2 is 2.09 bits per heavy atom. The molecule has 0 aliphatic heterocycles. The largest absolute Gasteiger partial charge is 0.480 e. The first-order valence-corrected chi connectivity index (χ1v) is 12.8. The summed E-state index contributed by atoms with van der Waals surface area (Å²) >= 11 is 2.60. The summed E-state index contributed by atoms with van der Waals surface area (Å²) in [6.45, 7) is 4.07. The number of carbonyl (C=O) groups is 2. The van der Waals surface area contributed by atoms with E-state index in [1.54, 1.807) is 11.5 Å². The van der Waals surface area contributed by atoms with Crippen molar-refractivity contribution in [3.63, 3.8) is 0 Å². The lowest BCUT2D eigenvalue weighted by atomic mass is 10.1. The number of benzene rings is 1. The number of carbonyl (C=O) groups excluding carboxylic acids is 2. The van der Waals surface area contributed by atoms with Crippen LogP contribution in [0.4, 0.5) is 13.8 Å². The highest BCUT2D eigenvalue weighted by atomic mass is 32.2. The predicted molar refractivity (Wildman–Crippen MR) is 128 cm³/mol. The summed E-state index contributed by atoms with van der Waals surface area (Å²) in [5, 5.41) is 12.2. The zero-order valence-corrected chi connectivity index (χ0v) is 21.0. The van der Waals surface area contributed by atoms with Crippen LogP contribution in [0, 0.1) is 11.6 Å². The van der Waals surface area contributed by atoms with Crippen molar-refractivity contribution in [2.24, 2.45) is 0 Å². The molecule has 12 heteroatoms. The summed E-state index contributed by atoms with van der Waals surface area (Å²) in [4.78, 5) is 26.1. The fourth-order valence-corrected chi connectivity index (χ4v) is 6.02. The summed E-state index contributed by atoms with van der Waals surface area (Å²) in [5.74, 6) is -1.84. The van der Waals surface area contributed by atoms with Gasteiger partial charge in [0.15, 0.2) is 28.7 Å². The fraction of sp³-hybridized carbons (Fsp3) is 0.391. The molecule has 35 heavy (non-hydrogen) atoms. The van der Waals surface area contributed by atoms with Crippen molar-refractivity contribution in [1.29, 1.82) is 0 Å². The second kappa shape index (κ2) is 10.7. The Morgan fingerprint density at radius 1 is 1.29 bits per heavy atom. The van der Waals surface area contributed by atoms with Gasteiger partial charge in [-0.2, -0.15) is 0 Å². The first-order valence-electron chi connectivity index (χ1n) is 11.0. The highest BCUT2D eigenvalue weighted by Crippen LogP contribution is 2.39. The summed E-state index contributed by atoms with van der Waals surface area (Å²) in [6.07, 6.45) is 2.01. The molecule has 2 heterocycles. The molecule has 0 saturated carbocycles. The third-order valence-corrected chi connectivity index (χ3v) is 7.69. The van der Waals surface area contributed by atoms with Gasteiger partial charge in [0.25, 0.3) is 0 Å². The molecule has 0 saturated heterocycles. The number of hydrogen-bond acceptors (Lipinski definition) is 8. The Kier molecular flexibility index (Phi) is 7.70. The van der Waals surface area contributed by atoms with E-state index in [4.69, 9.17) is 9.47 Å². The maximum atomic E-state index is 14.0. The van der Waals surface area contributed by atoms with E-state index in [0.717, 1.165) is 41.8 Å². The summed E-state index contributed by atoms with van der Waals surface area (Å²) in [7, 11) is 1.33. The maximum Gasteiger partial charge on any atom is 0.341 e. The van der Waals surface area contributed by atoms with Gasteiger partial charge in [0.1, 0.15) is 10.8 Å². The Labute approximate surface area is 209 Å². The molecular weight excluding hydrogens is 498 g/mol. The van der Waals surface area contributed by atoms with Crippen LogP contribution in [0.2, 0.25) is 0 Å². The van der Waals surface area contributed by atoms with Crippen LogP contribution in [0.5, 0.6) is 5.75 Å². The molecule has 1 aliphatic rings. The van der Waals surface area contributed by atoms with Crippen LogP contribution in [0.1, 0.15) is 53.0 Å². The van der Waals surface area contributed by atoms with Gasteiger partial charge in [0.05, 0.1) is 18.4 Å². The van der Waals surface area contributed by atoms with E-state index in [2.05, 4.69) is 15.5 Å². The number of anilines is 1. The summed E-state index contributed by atoms with van der Waals surface area (Å²) in [5.41, 5.74) is 1.41. The van der Waals surface area contributed by atoms with Crippen LogP contribution < -0.4 is 10.1 Å². The molecule has 0 spiro atoms. The van der Waals surface area contributed by atoms with Gasteiger partial charge in [-0.25, -0.2) is 13.6 Å². The monoisotopic (exact) mass is 522 g/mol. The van der Waals surface area contributed by atoms with Gasteiger partial charge in [0.2, 0.25) is 5.91 Å². The van der Waals surface area contributed by atoms with Crippen molar-refractivity contribution in [2.45, 2.75) is 50.9 Å². The number of thiophene rings is 1. The Balaban J connectivity index is 1.42. The minimum atomic E-state index is -0.809. The number of methoxy groups -OCH3 is 1. The first-order chi connectivity index (χ1) is 16.8. The van der Waals surface area contributed by atoms with Gasteiger partial charge < -0.3 is 19.4 Å². The van der Waals surface area contributed by atoms with Crippen LogP contribution in [-0.2, 0) is 28.9 Å². The molecule has 1 aromatic carbocycles. The van der Waals surface area contributed by atoms with Crippen LogP contribution in [0.25, 0.3) is 0 Å². The third kappa shape index (κ3) is 5.32. The number of hydrogen-bond donors (Lipinski definition) is 1. The Hall–Kier alpha value is -2.99. The minimum Gasteiger partial charge on any atom is -0.480 e. The van der Waals surface area contributed by atoms with Crippen LogP contribution in [0.15, 0.2) is 23.4 Å². The number of nitrogens with zero attached hydrogens (tertiary/aromatic N) is 3. The molecule has 1 N–H and O–H groups in total. The fourth-order valence-electron chi connectivity index (χ4n) is 3.92. The lowest BCUT2D eigenvalue weighted by Gasteiger charge is -2.16. The zero-order valence-electron chi connectivity index (χ0n) is 19.4. The molecule has 8 nitrogen and oxygen atoms in total. The highest BCUT2D eigenvalue weighted by Gasteiger charge is 2.28. The minimum absolute atomic E-state index is 0.0448. The average molecular weight is 523 g/mol. The second-order valence-corrected chi connectivity index (χ2v) is 9.86. The van der Waals surface area contributed by atoms with Crippen LogP contribution in [0.3, 0.4) is 0 Å². The van der Waals surface area contributed by atoms with E-state index in [9.17, 15) is 18.4 Å². The predicted octanol–water partition coefficient (Wildman–Crippen LogP) is 4.78. The lowest BCUT2D eigenvalue weighted by molar-refractivity contribution is -0.113. The number of halogens is 2. The van der Waals surface area contributed by atoms with Crippen molar-refractivity contribution < 1.29 is 27.8 Å². The number of amides is 1. The quantitative estimate of drug-likeness (QED) is 0.319. The molecule has 4 rings (SSSR count). The van der Waals surface area contributed by atoms with Crippen molar-refractivity contribution in [3.05, 3.63) is 51.7 Å². The van der Waals surface area contributed by atoms with E-state index >= 15 is 0 Å². The molecule has 0 bridgehead atoms. The zero-order chi connectivity index (χ0) is 25.1. The van der Waals surface area contributed by atoms with E-state index in [1.807, 2.05) is 6.92 Å². The number of thioether (sulfide) groups is 1. The Morgan fingerprint density at radius 3 is 2.80 bits per heavy atom. The molecule has 186 valence electrons. The smallest absolute Gasteiger partial charge is 0.341 e. The SMILES string of the molecule is CCn1c(SCC(=O)Nc2sc3c(c2C(=O)OC)CCC3)nnc1C(C)Oc1ccc(F)cc1F. The van der Waals surface area contributed by atoms with Gasteiger partial charge in [-0.3, -0.25) is 4.79 Å². The van der Waals surface area contributed by atoms with Crippen molar-refractivity contribution in [1.82, 2.24) is 14.8 Å². The Bertz CT molecular complexity index is 1260. The molecule has 1 aliphatic carbocycles. The van der Waals surface area contributed by atoms with Crippen molar-refractivity contribution in [2.75, 3.05) is 18.2 Å². The average Bonchev–Trinajstić information content (AvgIpc) is 3.53. The second-order valence-electron chi connectivity index (χ2n) is 7.81.